The largest absolute Gasteiger partial charge is 0.366 e. The maximum atomic E-state index is 11.6. The summed E-state index contributed by atoms with van der Waals surface area (Å²) in [5.41, 5.74) is 11.3. The molecule has 5 nitrogen and oxygen atoms in total. The highest BCUT2D eigenvalue weighted by Gasteiger charge is 2.08. The van der Waals surface area contributed by atoms with E-state index in [1.165, 1.54) is 12.1 Å². The van der Waals surface area contributed by atoms with Crippen molar-refractivity contribution in [1.29, 1.82) is 0 Å². The minimum absolute atomic E-state index is 0. The fourth-order valence-electron chi connectivity index (χ4n) is 1.15. The first kappa shape index (κ1) is 15.4. The molecule has 17 heavy (non-hydrogen) atoms. The third-order valence-electron chi connectivity index (χ3n) is 2.16. The molecule has 1 aromatic rings. The van der Waals surface area contributed by atoms with Gasteiger partial charge in [0, 0.05) is 23.7 Å². The summed E-state index contributed by atoms with van der Waals surface area (Å²) in [6.45, 7) is 2.20. The predicted molar refractivity (Wildman–Crippen MR) is 68.2 cm³/mol. The number of nitrogens with two attached hydrogens (primary N) is 2. The van der Waals surface area contributed by atoms with E-state index in [9.17, 15) is 9.59 Å². The normalized spacial score (nSPS) is 11.2. The van der Waals surface area contributed by atoms with Crippen molar-refractivity contribution < 1.29 is 9.59 Å². The van der Waals surface area contributed by atoms with Crippen LogP contribution in [0.3, 0.4) is 0 Å². The number of benzene rings is 1. The van der Waals surface area contributed by atoms with Crippen LogP contribution in [0.25, 0.3) is 0 Å². The van der Waals surface area contributed by atoms with Gasteiger partial charge in [-0.05, 0) is 31.2 Å². The number of carbonyl (C=O) groups is 2. The van der Waals surface area contributed by atoms with Crippen molar-refractivity contribution in [3.8, 4) is 0 Å². The summed E-state index contributed by atoms with van der Waals surface area (Å²) in [5.74, 6) is -0.726. The summed E-state index contributed by atoms with van der Waals surface area (Å²) >= 11 is 0. The summed E-state index contributed by atoms with van der Waals surface area (Å²) in [5, 5.41) is 2.71. The van der Waals surface area contributed by atoms with Gasteiger partial charge in [-0.3, -0.25) is 9.59 Å². The van der Waals surface area contributed by atoms with Gasteiger partial charge in [-0.15, -0.1) is 12.4 Å². The third kappa shape index (κ3) is 4.42. The van der Waals surface area contributed by atoms with Gasteiger partial charge in [0.1, 0.15) is 0 Å². The topological polar surface area (TPSA) is 98.2 Å². The van der Waals surface area contributed by atoms with Crippen molar-refractivity contribution in [2.24, 2.45) is 11.5 Å². The zero-order valence-corrected chi connectivity index (χ0v) is 10.3. The van der Waals surface area contributed by atoms with Crippen LogP contribution in [0, 0.1) is 0 Å². The Morgan fingerprint density at radius 2 is 1.71 bits per heavy atom. The van der Waals surface area contributed by atoms with Gasteiger partial charge in [0.15, 0.2) is 0 Å². The summed E-state index contributed by atoms with van der Waals surface area (Å²) in [7, 11) is 0. The molecule has 1 atom stereocenters. The lowest BCUT2D eigenvalue weighted by Gasteiger charge is -2.11. The van der Waals surface area contributed by atoms with Crippen molar-refractivity contribution in [2.45, 2.75) is 13.0 Å². The number of nitrogens with one attached hydrogen (secondary N) is 1. The Labute approximate surface area is 106 Å². The van der Waals surface area contributed by atoms with Crippen molar-refractivity contribution in [3.05, 3.63) is 35.4 Å². The number of hydrogen-bond acceptors (Lipinski definition) is 3. The van der Waals surface area contributed by atoms with Crippen molar-refractivity contribution in [3.63, 3.8) is 0 Å². The number of amides is 2. The molecule has 1 rings (SSSR count). The standard InChI is InChI=1S/C11H15N3O2.ClH/c1-7(6-12)14-11(16)9-4-2-8(3-5-9)10(13)15;/h2-5,7H,6,12H2,1H3,(H2,13,15)(H,14,16);1H/t7-;/m0./s1. The Kier molecular flexibility index (Phi) is 6.23. The van der Waals surface area contributed by atoms with E-state index in [1.807, 2.05) is 6.92 Å². The van der Waals surface area contributed by atoms with E-state index in [0.29, 0.717) is 17.7 Å². The molecule has 0 saturated heterocycles. The van der Waals surface area contributed by atoms with Crippen LogP contribution in [-0.2, 0) is 0 Å². The van der Waals surface area contributed by atoms with Crippen LogP contribution in [-0.4, -0.2) is 24.4 Å². The van der Waals surface area contributed by atoms with E-state index in [-0.39, 0.29) is 24.4 Å². The number of halogens is 1. The highest BCUT2D eigenvalue weighted by molar-refractivity contribution is 5.97. The molecule has 0 saturated carbocycles. The first-order valence-corrected chi connectivity index (χ1v) is 4.95. The zero-order chi connectivity index (χ0) is 12.1. The summed E-state index contributed by atoms with van der Waals surface area (Å²) in [6, 6.07) is 6.06. The fraction of sp³-hybridized carbons (Fsp3) is 0.273. The lowest BCUT2D eigenvalue weighted by Crippen LogP contribution is -2.37. The average molecular weight is 258 g/mol. The number of hydrogen-bond donors (Lipinski definition) is 3. The second-order valence-corrected chi connectivity index (χ2v) is 3.55. The van der Waals surface area contributed by atoms with E-state index in [2.05, 4.69) is 5.32 Å². The molecule has 0 radical (unpaired) electrons. The molecular formula is C11H16ClN3O2. The lowest BCUT2D eigenvalue weighted by atomic mass is 10.1. The Morgan fingerprint density at radius 3 is 2.12 bits per heavy atom. The summed E-state index contributed by atoms with van der Waals surface area (Å²) in [4.78, 5) is 22.4. The van der Waals surface area contributed by atoms with Gasteiger partial charge in [0.05, 0.1) is 0 Å². The minimum atomic E-state index is -0.512. The second kappa shape index (κ2) is 6.88. The van der Waals surface area contributed by atoms with E-state index in [4.69, 9.17) is 11.5 Å². The molecule has 0 aliphatic carbocycles. The maximum Gasteiger partial charge on any atom is 0.251 e. The Balaban J connectivity index is 0.00000256. The van der Waals surface area contributed by atoms with Crippen LogP contribution < -0.4 is 16.8 Å². The predicted octanol–water partition coefficient (Wildman–Crippen LogP) is 0.284. The van der Waals surface area contributed by atoms with Gasteiger partial charge in [0.25, 0.3) is 5.91 Å². The second-order valence-electron chi connectivity index (χ2n) is 3.55. The molecule has 0 spiro atoms. The molecule has 1 aromatic carbocycles. The van der Waals surface area contributed by atoms with Gasteiger partial charge in [0.2, 0.25) is 5.91 Å². The molecule has 0 unspecified atom stereocenters. The van der Waals surface area contributed by atoms with Crippen LogP contribution >= 0.6 is 12.4 Å². The molecule has 0 bridgehead atoms. The Hall–Kier alpha value is -1.59. The molecular weight excluding hydrogens is 242 g/mol. The third-order valence-corrected chi connectivity index (χ3v) is 2.16. The molecule has 0 aliphatic heterocycles. The monoisotopic (exact) mass is 257 g/mol. The summed E-state index contributed by atoms with van der Waals surface area (Å²) < 4.78 is 0. The fourth-order valence-corrected chi connectivity index (χ4v) is 1.15. The lowest BCUT2D eigenvalue weighted by molar-refractivity contribution is 0.0939. The average Bonchev–Trinajstić information content (AvgIpc) is 2.28. The highest BCUT2D eigenvalue weighted by atomic mass is 35.5. The smallest absolute Gasteiger partial charge is 0.251 e. The van der Waals surface area contributed by atoms with Crippen LogP contribution in [0.15, 0.2) is 24.3 Å². The molecule has 0 heterocycles. The molecule has 5 N–H and O–H groups in total. The number of carbonyl (C=O) groups excluding carboxylic acids is 2. The first-order chi connectivity index (χ1) is 7.54. The first-order valence-electron chi connectivity index (χ1n) is 4.95. The quantitative estimate of drug-likeness (QED) is 0.723. The molecule has 94 valence electrons. The van der Waals surface area contributed by atoms with Crippen LogP contribution in [0.2, 0.25) is 0 Å². The van der Waals surface area contributed by atoms with Crippen LogP contribution in [0.1, 0.15) is 27.6 Å². The zero-order valence-electron chi connectivity index (χ0n) is 9.47. The number of primary amides is 1. The molecule has 0 aliphatic rings. The molecule has 0 fully saturated rings. The van der Waals surface area contributed by atoms with Gasteiger partial charge in [-0.25, -0.2) is 0 Å². The van der Waals surface area contributed by atoms with Gasteiger partial charge in [-0.1, -0.05) is 0 Å². The summed E-state index contributed by atoms with van der Waals surface area (Å²) in [6.07, 6.45) is 0. The van der Waals surface area contributed by atoms with E-state index >= 15 is 0 Å². The van der Waals surface area contributed by atoms with E-state index < -0.39 is 5.91 Å². The minimum Gasteiger partial charge on any atom is -0.366 e. The molecule has 6 heteroatoms. The van der Waals surface area contributed by atoms with Gasteiger partial charge in [-0.2, -0.15) is 0 Å². The SMILES string of the molecule is C[C@@H](CN)NC(=O)c1ccc(C(N)=O)cc1.Cl. The Bertz CT molecular complexity index is 392. The van der Waals surface area contributed by atoms with Gasteiger partial charge < -0.3 is 16.8 Å². The van der Waals surface area contributed by atoms with E-state index in [0.717, 1.165) is 0 Å². The van der Waals surface area contributed by atoms with Crippen molar-refractivity contribution >= 4 is 24.2 Å². The Morgan fingerprint density at radius 1 is 1.24 bits per heavy atom. The maximum absolute atomic E-state index is 11.6. The van der Waals surface area contributed by atoms with Crippen LogP contribution in [0.4, 0.5) is 0 Å². The molecule has 2 amide bonds. The van der Waals surface area contributed by atoms with Gasteiger partial charge >= 0.3 is 0 Å². The number of rotatable bonds is 4. The molecule has 0 aromatic heterocycles. The van der Waals surface area contributed by atoms with E-state index in [1.54, 1.807) is 12.1 Å². The van der Waals surface area contributed by atoms with Crippen LogP contribution in [0.5, 0.6) is 0 Å². The van der Waals surface area contributed by atoms with Crippen molar-refractivity contribution in [2.75, 3.05) is 6.54 Å². The highest BCUT2D eigenvalue weighted by Crippen LogP contribution is 2.04. The van der Waals surface area contributed by atoms with Crippen molar-refractivity contribution in [1.82, 2.24) is 5.32 Å².